The van der Waals surface area contributed by atoms with E-state index < -0.39 is 0 Å². The molecule has 1 fully saturated rings. The number of ether oxygens (including phenoxy) is 2. The fourth-order valence-corrected chi connectivity index (χ4v) is 3.31. The molecule has 1 saturated carbocycles. The minimum atomic E-state index is 0.239. The molecular formula is C17H21BrN2O2. The fraction of sp³-hybridized carbons (Fsp3) is 0.471. The zero-order valence-electron chi connectivity index (χ0n) is 12.8. The van der Waals surface area contributed by atoms with E-state index in [1.54, 1.807) is 7.11 Å². The van der Waals surface area contributed by atoms with Gasteiger partial charge < -0.3 is 9.47 Å². The molecule has 0 spiro atoms. The molecule has 2 aromatic rings. The first-order valence-electron chi connectivity index (χ1n) is 7.74. The Hall–Kier alpha value is -1.33. The molecule has 1 aliphatic carbocycles. The van der Waals surface area contributed by atoms with Crippen LogP contribution >= 0.6 is 15.9 Å². The van der Waals surface area contributed by atoms with Crippen LogP contribution in [0.1, 0.15) is 38.1 Å². The molecule has 4 nitrogen and oxygen atoms in total. The summed E-state index contributed by atoms with van der Waals surface area (Å²) in [4.78, 5) is 0. The Morgan fingerprint density at radius 3 is 2.82 bits per heavy atom. The van der Waals surface area contributed by atoms with Gasteiger partial charge in [-0.3, -0.25) is 4.68 Å². The maximum Gasteiger partial charge on any atom is 0.188 e. The maximum atomic E-state index is 5.57. The van der Waals surface area contributed by atoms with Gasteiger partial charge in [0.15, 0.2) is 6.79 Å². The molecule has 1 aromatic carbocycles. The molecule has 22 heavy (non-hydrogen) atoms. The lowest BCUT2D eigenvalue weighted by atomic mass is 9.96. The highest BCUT2D eigenvalue weighted by atomic mass is 79.9. The summed E-state index contributed by atoms with van der Waals surface area (Å²) in [7, 11) is 1.62. The highest BCUT2D eigenvalue weighted by molar-refractivity contribution is 9.10. The van der Waals surface area contributed by atoms with Crippen molar-refractivity contribution < 1.29 is 9.47 Å². The summed E-state index contributed by atoms with van der Waals surface area (Å²) in [5, 5.41) is 4.57. The summed E-state index contributed by atoms with van der Waals surface area (Å²) in [5.41, 5.74) is 2.23. The van der Waals surface area contributed by atoms with Crippen molar-refractivity contribution in [1.29, 1.82) is 0 Å². The molecule has 0 radical (unpaired) electrons. The Bertz CT molecular complexity index is 621. The molecule has 1 aliphatic rings. The van der Waals surface area contributed by atoms with Gasteiger partial charge in [0.05, 0.1) is 16.7 Å². The molecule has 0 bridgehead atoms. The van der Waals surface area contributed by atoms with E-state index >= 15 is 0 Å². The number of hydrogen-bond acceptors (Lipinski definition) is 3. The Morgan fingerprint density at radius 2 is 2.05 bits per heavy atom. The van der Waals surface area contributed by atoms with Gasteiger partial charge in [-0.2, -0.15) is 5.10 Å². The predicted molar refractivity (Wildman–Crippen MR) is 90.0 cm³/mol. The predicted octanol–water partition coefficient (Wildman–Crippen LogP) is 4.80. The van der Waals surface area contributed by atoms with Gasteiger partial charge in [0.1, 0.15) is 5.75 Å². The van der Waals surface area contributed by atoms with E-state index in [9.17, 15) is 0 Å². The average molecular weight is 365 g/mol. The Kier molecular flexibility index (Phi) is 5.16. The van der Waals surface area contributed by atoms with E-state index in [-0.39, 0.29) is 6.79 Å². The minimum absolute atomic E-state index is 0.239. The van der Waals surface area contributed by atoms with Crippen LogP contribution < -0.4 is 4.74 Å². The Balaban J connectivity index is 1.80. The van der Waals surface area contributed by atoms with Gasteiger partial charge in [-0.1, -0.05) is 25.3 Å². The monoisotopic (exact) mass is 364 g/mol. The molecule has 5 heteroatoms. The zero-order chi connectivity index (χ0) is 15.4. The van der Waals surface area contributed by atoms with Crippen LogP contribution in [0.2, 0.25) is 0 Å². The first kappa shape index (κ1) is 15.6. The molecule has 0 amide bonds. The summed E-state index contributed by atoms with van der Waals surface area (Å²) in [6, 6.07) is 6.65. The molecule has 0 atom stereocenters. The number of halogens is 1. The molecule has 0 saturated heterocycles. The number of aromatic nitrogens is 2. The van der Waals surface area contributed by atoms with Crippen LogP contribution in [0.25, 0.3) is 11.1 Å². The first-order chi connectivity index (χ1) is 10.8. The smallest absolute Gasteiger partial charge is 0.188 e. The van der Waals surface area contributed by atoms with Crippen LogP contribution in [0.3, 0.4) is 0 Å². The largest absolute Gasteiger partial charge is 0.466 e. The van der Waals surface area contributed by atoms with Crippen molar-refractivity contribution in [3.63, 3.8) is 0 Å². The Labute approximate surface area is 139 Å². The van der Waals surface area contributed by atoms with Crippen LogP contribution in [0.15, 0.2) is 35.1 Å². The SMILES string of the molecule is COCOc1cc(-c2cnn(C3CCCCC3)c2)ccc1Br. The number of rotatable bonds is 5. The average Bonchev–Trinajstić information content (AvgIpc) is 3.05. The molecule has 0 aliphatic heterocycles. The van der Waals surface area contributed by atoms with Crippen molar-refractivity contribution in [1.82, 2.24) is 9.78 Å². The van der Waals surface area contributed by atoms with E-state index in [4.69, 9.17) is 9.47 Å². The van der Waals surface area contributed by atoms with Crippen molar-refractivity contribution in [2.75, 3.05) is 13.9 Å². The van der Waals surface area contributed by atoms with Gasteiger partial charge in [-0.25, -0.2) is 0 Å². The number of methoxy groups -OCH3 is 1. The summed E-state index contributed by atoms with van der Waals surface area (Å²) < 4.78 is 13.6. The van der Waals surface area contributed by atoms with Crippen molar-refractivity contribution in [2.45, 2.75) is 38.1 Å². The summed E-state index contributed by atoms with van der Waals surface area (Å²) in [6.45, 7) is 0.239. The zero-order valence-corrected chi connectivity index (χ0v) is 14.4. The molecule has 0 unspecified atom stereocenters. The molecule has 1 aromatic heterocycles. The van der Waals surface area contributed by atoms with Crippen molar-refractivity contribution in [2.24, 2.45) is 0 Å². The van der Waals surface area contributed by atoms with Crippen LogP contribution in [-0.2, 0) is 4.74 Å². The number of benzene rings is 1. The van der Waals surface area contributed by atoms with E-state index in [1.807, 2.05) is 18.3 Å². The highest BCUT2D eigenvalue weighted by Crippen LogP contribution is 2.33. The lowest BCUT2D eigenvalue weighted by Crippen LogP contribution is -2.12. The van der Waals surface area contributed by atoms with Crippen molar-refractivity contribution in [3.8, 4) is 16.9 Å². The first-order valence-corrected chi connectivity index (χ1v) is 8.53. The van der Waals surface area contributed by atoms with E-state index in [0.29, 0.717) is 6.04 Å². The minimum Gasteiger partial charge on any atom is -0.466 e. The van der Waals surface area contributed by atoms with Crippen LogP contribution in [0.5, 0.6) is 5.75 Å². The summed E-state index contributed by atoms with van der Waals surface area (Å²) >= 11 is 3.50. The van der Waals surface area contributed by atoms with E-state index in [2.05, 4.69) is 38.0 Å². The third-order valence-electron chi connectivity index (χ3n) is 4.15. The van der Waals surface area contributed by atoms with Gasteiger partial charge >= 0.3 is 0 Å². The van der Waals surface area contributed by atoms with E-state index in [1.165, 1.54) is 32.1 Å². The normalized spacial score (nSPS) is 15.9. The van der Waals surface area contributed by atoms with Gasteiger partial charge in [0, 0.05) is 18.9 Å². The standard InChI is InChI=1S/C17H21BrN2O2/c1-21-12-22-17-9-13(7-8-16(17)18)14-10-19-20(11-14)15-5-3-2-4-6-15/h7-11,15H,2-6,12H2,1H3. The molecule has 0 N–H and O–H groups in total. The number of nitrogens with zero attached hydrogens (tertiary/aromatic N) is 2. The van der Waals surface area contributed by atoms with Gasteiger partial charge in [0.25, 0.3) is 0 Å². The quantitative estimate of drug-likeness (QED) is 0.714. The molecular weight excluding hydrogens is 344 g/mol. The lowest BCUT2D eigenvalue weighted by molar-refractivity contribution is 0.0506. The fourth-order valence-electron chi connectivity index (χ4n) is 2.95. The van der Waals surface area contributed by atoms with Gasteiger partial charge in [0.2, 0.25) is 0 Å². The second-order valence-corrected chi connectivity index (χ2v) is 6.55. The van der Waals surface area contributed by atoms with Gasteiger partial charge in [-0.15, -0.1) is 0 Å². The molecule has 118 valence electrons. The maximum absolute atomic E-state index is 5.57. The second kappa shape index (κ2) is 7.29. The van der Waals surface area contributed by atoms with Crippen LogP contribution in [0, 0.1) is 0 Å². The topological polar surface area (TPSA) is 36.3 Å². The van der Waals surface area contributed by atoms with Crippen molar-refractivity contribution in [3.05, 3.63) is 35.1 Å². The lowest BCUT2D eigenvalue weighted by Gasteiger charge is -2.21. The molecule has 1 heterocycles. The third kappa shape index (κ3) is 3.52. The Morgan fingerprint density at radius 1 is 1.23 bits per heavy atom. The van der Waals surface area contributed by atoms with Gasteiger partial charge in [-0.05, 0) is 46.5 Å². The summed E-state index contributed by atoms with van der Waals surface area (Å²) in [5.74, 6) is 0.782. The van der Waals surface area contributed by atoms with Crippen LogP contribution in [-0.4, -0.2) is 23.7 Å². The highest BCUT2D eigenvalue weighted by Gasteiger charge is 2.16. The summed E-state index contributed by atoms with van der Waals surface area (Å²) in [6.07, 6.45) is 10.6. The number of hydrogen-bond donors (Lipinski definition) is 0. The third-order valence-corrected chi connectivity index (χ3v) is 4.80. The molecule has 3 rings (SSSR count). The van der Waals surface area contributed by atoms with Crippen LogP contribution in [0.4, 0.5) is 0 Å². The van der Waals surface area contributed by atoms with E-state index in [0.717, 1.165) is 21.3 Å². The second-order valence-electron chi connectivity index (χ2n) is 5.70. The van der Waals surface area contributed by atoms with Crippen molar-refractivity contribution >= 4 is 15.9 Å².